The van der Waals surface area contributed by atoms with E-state index in [1.807, 2.05) is 18.2 Å². The van der Waals surface area contributed by atoms with Crippen LogP contribution in [-0.4, -0.2) is 18.3 Å². The molecular weight excluding hydrogens is 178 g/mol. The average molecular weight is 193 g/mol. The third kappa shape index (κ3) is 1.80. The van der Waals surface area contributed by atoms with Gasteiger partial charge in [0.2, 0.25) is 0 Å². The molecular formula is C11H15NO2. The van der Waals surface area contributed by atoms with Gasteiger partial charge in [-0.3, -0.25) is 0 Å². The number of ether oxygens (including phenoxy) is 1. The van der Waals surface area contributed by atoms with Crippen molar-refractivity contribution in [3.8, 4) is 0 Å². The smallest absolute Gasteiger partial charge is 0.0912 e. The molecule has 76 valence electrons. The molecule has 0 saturated heterocycles. The lowest BCUT2D eigenvalue weighted by Gasteiger charge is -2.18. The van der Waals surface area contributed by atoms with Gasteiger partial charge in [0.15, 0.2) is 0 Å². The highest BCUT2D eigenvalue weighted by atomic mass is 16.5. The summed E-state index contributed by atoms with van der Waals surface area (Å²) in [6.45, 7) is 1.73. The van der Waals surface area contributed by atoms with Gasteiger partial charge in [0.1, 0.15) is 0 Å². The molecule has 3 nitrogen and oxygen atoms in total. The van der Waals surface area contributed by atoms with E-state index in [0.29, 0.717) is 6.61 Å². The van der Waals surface area contributed by atoms with Crippen molar-refractivity contribution < 1.29 is 9.84 Å². The highest BCUT2D eigenvalue weighted by Crippen LogP contribution is 2.21. The molecule has 0 amide bonds. The fraction of sp³-hybridized carbons (Fsp3) is 0.455. The number of nitrogens with two attached hydrogens (primary N) is 1. The van der Waals surface area contributed by atoms with E-state index in [-0.39, 0.29) is 6.54 Å². The zero-order valence-corrected chi connectivity index (χ0v) is 8.07. The predicted molar refractivity (Wildman–Crippen MR) is 53.8 cm³/mol. The molecule has 1 aliphatic heterocycles. The van der Waals surface area contributed by atoms with Gasteiger partial charge in [-0.25, -0.2) is 0 Å². The van der Waals surface area contributed by atoms with E-state index in [2.05, 4.69) is 0 Å². The number of aliphatic hydroxyl groups excluding tert-OH is 1. The lowest BCUT2D eigenvalue weighted by atomic mass is 9.98. The van der Waals surface area contributed by atoms with E-state index in [1.54, 1.807) is 0 Å². The normalized spacial score (nSPS) is 17.6. The molecule has 1 aromatic carbocycles. The summed E-state index contributed by atoms with van der Waals surface area (Å²) in [5.41, 5.74) is 8.82. The van der Waals surface area contributed by atoms with Crippen molar-refractivity contribution in [2.45, 2.75) is 19.1 Å². The number of rotatable bonds is 2. The van der Waals surface area contributed by atoms with Crippen molar-refractivity contribution in [3.63, 3.8) is 0 Å². The van der Waals surface area contributed by atoms with Crippen molar-refractivity contribution in [1.82, 2.24) is 0 Å². The third-order valence-electron chi connectivity index (χ3n) is 2.61. The summed E-state index contributed by atoms with van der Waals surface area (Å²) in [7, 11) is 0. The molecule has 0 bridgehead atoms. The van der Waals surface area contributed by atoms with E-state index < -0.39 is 6.10 Å². The summed E-state index contributed by atoms with van der Waals surface area (Å²) >= 11 is 0. The summed E-state index contributed by atoms with van der Waals surface area (Å²) in [5.74, 6) is 0. The van der Waals surface area contributed by atoms with Gasteiger partial charge < -0.3 is 15.6 Å². The first-order valence-corrected chi connectivity index (χ1v) is 4.89. The van der Waals surface area contributed by atoms with Crippen LogP contribution in [0.5, 0.6) is 0 Å². The zero-order chi connectivity index (χ0) is 9.97. The lowest BCUT2D eigenvalue weighted by Crippen LogP contribution is -2.14. The Morgan fingerprint density at radius 1 is 1.43 bits per heavy atom. The first-order valence-electron chi connectivity index (χ1n) is 4.89. The predicted octanol–water partition coefficient (Wildman–Crippen LogP) is 0.751. The summed E-state index contributed by atoms with van der Waals surface area (Å²) < 4.78 is 5.34. The molecule has 3 heteroatoms. The number of hydrogen-bond acceptors (Lipinski definition) is 3. The van der Waals surface area contributed by atoms with E-state index in [0.717, 1.165) is 18.6 Å². The molecule has 1 aromatic rings. The molecule has 1 aliphatic rings. The maximum absolute atomic E-state index is 9.57. The van der Waals surface area contributed by atoms with Gasteiger partial charge >= 0.3 is 0 Å². The first kappa shape index (κ1) is 9.65. The minimum Gasteiger partial charge on any atom is -0.387 e. The second-order valence-corrected chi connectivity index (χ2v) is 3.58. The van der Waals surface area contributed by atoms with Gasteiger partial charge in [0, 0.05) is 6.54 Å². The molecule has 0 radical (unpaired) electrons. The van der Waals surface area contributed by atoms with Crippen LogP contribution in [0, 0.1) is 0 Å². The van der Waals surface area contributed by atoms with Crippen LogP contribution in [0.3, 0.4) is 0 Å². The van der Waals surface area contributed by atoms with Gasteiger partial charge in [-0.05, 0) is 23.1 Å². The summed E-state index contributed by atoms with van der Waals surface area (Å²) in [6.07, 6.45) is 0.392. The lowest BCUT2D eigenvalue weighted by molar-refractivity contribution is 0.110. The van der Waals surface area contributed by atoms with Crippen LogP contribution in [0.1, 0.15) is 22.8 Å². The molecule has 1 atom stereocenters. The quantitative estimate of drug-likeness (QED) is 0.728. The van der Waals surface area contributed by atoms with Crippen LogP contribution in [0.25, 0.3) is 0 Å². The van der Waals surface area contributed by atoms with Gasteiger partial charge in [-0.2, -0.15) is 0 Å². The van der Waals surface area contributed by atoms with Crippen molar-refractivity contribution in [1.29, 1.82) is 0 Å². The van der Waals surface area contributed by atoms with Crippen LogP contribution in [0.4, 0.5) is 0 Å². The van der Waals surface area contributed by atoms with Crippen molar-refractivity contribution in [3.05, 3.63) is 34.9 Å². The Kier molecular flexibility index (Phi) is 2.82. The van der Waals surface area contributed by atoms with Gasteiger partial charge in [-0.1, -0.05) is 18.2 Å². The van der Waals surface area contributed by atoms with Crippen molar-refractivity contribution in [2.24, 2.45) is 5.73 Å². The van der Waals surface area contributed by atoms with Crippen molar-refractivity contribution >= 4 is 0 Å². The number of aliphatic hydroxyl groups is 1. The van der Waals surface area contributed by atoms with Gasteiger partial charge in [0.05, 0.1) is 19.3 Å². The molecule has 0 aliphatic carbocycles. The SMILES string of the molecule is NC[C@H](O)c1ccc2c(c1)CCOC2. The maximum atomic E-state index is 9.57. The standard InChI is InChI=1S/C11H15NO2/c12-6-11(13)9-1-2-10-7-14-4-3-8(10)5-9/h1-2,5,11,13H,3-4,6-7,12H2/t11-/m0/s1. The topological polar surface area (TPSA) is 55.5 Å². The van der Waals surface area contributed by atoms with E-state index >= 15 is 0 Å². The summed E-state index contributed by atoms with van der Waals surface area (Å²) in [4.78, 5) is 0. The fourth-order valence-electron chi connectivity index (χ4n) is 1.73. The molecule has 0 aromatic heterocycles. The Morgan fingerprint density at radius 2 is 2.29 bits per heavy atom. The maximum Gasteiger partial charge on any atom is 0.0912 e. The molecule has 1 heterocycles. The molecule has 2 rings (SSSR count). The minimum absolute atomic E-state index is 0.273. The molecule has 3 N–H and O–H groups in total. The number of benzene rings is 1. The average Bonchev–Trinajstić information content (AvgIpc) is 2.27. The molecule has 0 spiro atoms. The van der Waals surface area contributed by atoms with Gasteiger partial charge in [-0.15, -0.1) is 0 Å². The second kappa shape index (κ2) is 4.09. The number of hydrogen-bond donors (Lipinski definition) is 2. The van der Waals surface area contributed by atoms with Crippen LogP contribution in [0.15, 0.2) is 18.2 Å². The second-order valence-electron chi connectivity index (χ2n) is 3.58. The van der Waals surface area contributed by atoms with Crippen molar-refractivity contribution in [2.75, 3.05) is 13.2 Å². The Hall–Kier alpha value is -0.900. The molecule has 0 saturated carbocycles. The zero-order valence-electron chi connectivity index (χ0n) is 8.07. The van der Waals surface area contributed by atoms with Gasteiger partial charge in [0.25, 0.3) is 0 Å². The summed E-state index contributed by atoms with van der Waals surface area (Å²) in [6, 6.07) is 5.98. The molecule has 0 fully saturated rings. The Labute approximate surface area is 83.5 Å². The first-order chi connectivity index (χ1) is 6.81. The van der Waals surface area contributed by atoms with E-state index in [1.165, 1.54) is 11.1 Å². The molecule has 0 unspecified atom stereocenters. The largest absolute Gasteiger partial charge is 0.387 e. The van der Waals surface area contributed by atoms with Crippen LogP contribution in [0.2, 0.25) is 0 Å². The Morgan fingerprint density at radius 3 is 3.07 bits per heavy atom. The number of fused-ring (bicyclic) bond motifs is 1. The summed E-state index contributed by atoms with van der Waals surface area (Å²) in [5, 5.41) is 9.57. The van der Waals surface area contributed by atoms with Crippen LogP contribution < -0.4 is 5.73 Å². The minimum atomic E-state index is -0.539. The van der Waals surface area contributed by atoms with E-state index in [4.69, 9.17) is 10.5 Å². The molecule has 14 heavy (non-hydrogen) atoms. The fourth-order valence-corrected chi connectivity index (χ4v) is 1.73. The monoisotopic (exact) mass is 193 g/mol. The van der Waals surface area contributed by atoms with Crippen LogP contribution in [-0.2, 0) is 17.8 Å². The van der Waals surface area contributed by atoms with Crippen LogP contribution >= 0.6 is 0 Å². The Balaban J connectivity index is 2.29. The highest BCUT2D eigenvalue weighted by molar-refractivity contribution is 5.34. The van der Waals surface area contributed by atoms with E-state index in [9.17, 15) is 5.11 Å². The highest BCUT2D eigenvalue weighted by Gasteiger charge is 2.12. The Bertz CT molecular complexity index is 325. The third-order valence-corrected chi connectivity index (χ3v) is 2.61.